The summed E-state index contributed by atoms with van der Waals surface area (Å²) < 4.78 is 11.8. The van der Waals surface area contributed by atoms with Crippen molar-refractivity contribution in [1.82, 2.24) is 5.32 Å². The summed E-state index contributed by atoms with van der Waals surface area (Å²) in [5, 5.41) is 4.21. The van der Waals surface area contributed by atoms with Crippen LogP contribution >= 0.6 is 0 Å². The molecule has 1 aliphatic carbocycles. The fraction of sp³-hybridized carbons (Fsp3) is 1.00. The molecule has 3 heteroatoms. The monoisotopic (exact) mass is 203 g/mol. The molecule has 0 aromatic carbocycles. The Balaban J connectivity index is 2.36. The van der Waals surface area contributed by atoms with Gasteiger partial charge in [-0.25, -0.2) is 0 Å². The largest absolute Gasteiger partial charge is 0.314 e. The Hall–Kier alpha value is 0.110. The summed E-state index contributed by atoms with van der Waals surface area (Å²) in [4.78, 5) is 0. The zero-order chi connectivity index (χ0) is 9.84. The van der Waals surface area contributed by atoms with Gasteiger partial charge in [-0.2, -0.15) is 0 Å². The molecule has 0 heterocycles. The summed E-state index contributed by atoms with van der Waals surface area (Å²) >= 11 is 0. The third-order valence-corrected chi connectivity index (χ3v) is 4.68. The minimum atomic E-state index is -0.611. The first-order chi connectivity index (χ1) is 6.15. The van der Waals surface area contributed by atoms with Crippen molar-refractivity contribution in [3.8, 4) is 0 Å². The Morgan fingerprint density at radius 1 is 1.46 bits per heavy atom. The summed E-state index contributed by atoms with van der Waals surface area (Å²) in [5.74, 6) is 0. The van der Waals surface area contributed by atoms with Crippen LogP contribution in [0.2, 0.25) is 0 Å². The van der Waals surface area contributed by atoms with Gasteiger partial charge in [0.25, 0.3) is 0 Å². The van der Waals surface area contributed by atoms with Crippen LogP contribution in [-0.4, -0.2) is 27.3 Å². The lowest BCUT2D eigenvalue weighted by molar-refractivity contribution is 0.542. The average molecular weight is 203 g/mol. The molecule has 1 fully saturated rings. The molecular formula is C10H21NOS. The van der Waals surface area contributed by atoms with E-state index in [0.29, 0.717) is 16.5 Å². The molecule has 0 aromatic heterocycles. The fourth-order valence-electron chi connectivity index (χ4n) is 2.01. The molecule has 1 aliphatic rings. The summed E-state index contributed by atoms with van der Waals surface area (Å²) in [6, 6.07) is 0.623. The summed E-state index contributed by atoms with van der Waals surface area (Å²) in [6.07, 6.45) is 3.46. The van der Waals surface area contributed by atoms with Crippen molar-refractivity contribution in [2.75, 3.05) is 6.54 Å². The van der Waals surface area contributed by atoms with E-state index in [0.717, 1.165) is 19.4 Å². The van der Waals surface area contributed by atoms with E-state index in [1.807, 2.05) is 0 Å². The van der Waals surface area contributed by atoms with Crippen LogP contribution in [-0.2, 0) is 10.8 Å². The van der Waals surface area contributed by atoms with Gasteiger partial charge in [-0.15, -0.1) is 0 Å². The van der Waals surface area contributed by atoms with Gasteiger partial charge in [0.15, 0.2) is 0 Å². The number of hydrogen-bond donors (Lipinski definition) is 1. The summed E-state index contributed by atoms with van der Waals surface area (Å²) in [6.45, 7) is 7.27. The van der Waals surface area contributed by atoms with Gasteiger partial charge in [0.2, 0.25) is 0 Å². The number of nitrogens with one attached hydrogen (secondary N) is 1. The van der Waals surface area contributed by atoms with Crippen LogP contribution in [0, 0.1) is 0 Å². The van der Waals surface area contributed by atoms with E-state index >= 15 is 0 Å². The third-order valence-electron chi connectivity index (χ3n) is 2.67. The maximum Gasteiger partial charge on any atom is 0.0366 e. The van der Waals surface area contributed by atoms with Crippen LogP contribution in [0.4, 0.5) is 0 Å². The van der Waals surface area contributed by atoms with E-state index in [1.165, 1.54) is 6.42 Å². The quantitative estimate of drug-likeness (QED) is 0.753. The average Bonchev–Trinajstić information content (AvgIpc) is 2.52. The minimum Gasteiger partial charge on any atom is -0.314 e. The Kier molecular flexibility index (Phi) is 4.39. The molecule has 1 rings (SSSR count). The lowest BCUT2D eigenvalue weighted by atomic mass is 10.2. The highest BCUT2D eigenvalue weighted by atomic mass is 32.2. The maximum atomic E-state index is 11.8. The normalized spacial score (nSPS) is 31.1. The van der Waals surface area contributed by atoms with Gasteiger partial charge < -0.3 is 5.32 Å². The van der Waals surface area contributed by atoms with Crippen LogP contribution in [0.1, 0.15) is 40.0 Å². The molecule has 78 valence electrons. The van der Waals surface area contributed by atoms with Gasteiger partial charge in [0.1, 0.15) is 0 Å². The Labute approximate surface area is 83.9 Å². The zero-order valence-electron chi connectivity index (χ0n) is 8.88. The fourth-order valence-corrected chi connectivity index (χ4v) is 3.57. The Morgan fingerprint density at radius 3 is 2.69 bits per heavy atom. The van der Waals surface area contributed by atoms with E-state index in [4.69, 9.17) is 0 Å². The van der Waals surface area contributed by atoms with E-state index < -0.39 is 10.8 Å². The SMILES string of the molecule is CCNC1CCC(S(=O)C(C)C)C1. The Bertz CT molecular complexity index is 182. The van der Waals surface area contributed by atoms with Crippen molar-refractivity contribution >= 4 is 10.8 Å². The topological polar surface area (TPSA) is 29.1 Å². The molecule has 3 atom stereocenters. The molecule has 1 saturated carbocycles. The minimum absolute atomic E-state index is 0.324. The van der Waals surface area contributed by atoms with E-state index in [-0.39, 0.29) is 0 Å². The second-order valence-electron chi connectivity index (χ2n) is 4.07. The van der Waals surface area contributed by atoms with Crippen LogP contribution in [0.15, 0.2) is 0 Å². The first kappa shape index (κ1) is 11.2. The van der Waals surface area contributed by atoms with Crippen molar-refractivity contribution in [3.05, 3.63) is 0 Å². The van der Waals surface area contributed by atoms with E-state index in [9.17, 15) is 4.21 Å². The molecule has 0 bridgehead atoms. The molecule has 0 spiro atoms. The van der Waals surface area contributed by atoms with Gasteiger partial charge in [-0.1, -0.05) is 20.8 Å². The second kappa shape index (κ2) is 5.11. The van der Waals surface area contributed by atoms with E-state index in [1.54, 1.807) is 0 Å². The predicted octanol–water partition coefficient (Wildman–Crippen LogP) is 1.67. The van der Waals surface area contributed by atoms with Crippen molar-refractivity contribution in [2.45, 2.75) is 56.6 Å². The number of hydrogen-bond acceptors (Lipinski definition) is 2. The van der Waals surface area contributed by atoms with E-state index in [2.05, 4.69) is 26.1 Å². The predicted molar refractivity (Wildman–Crippen MR) is 58.4 cm³/mol. The molecule has 0 aliphatic heterocycles. The standard InChI is InChI=1S/C10H21NOS/c1-4-11-9-5-6-10(7-9)13(12)8(2)3/h8-11H,4-7H2,1-3H3. The van der Waals surface area contributed by atoms with Crippen LogP contribution in [0.25, 0.3) is 0 Å². The van der Waals surface area contributed by atoms with Gasteiger partial charge in [-0.3, -0.25) is 4.21 Å². The van der Waals surface area contributed by atoms with Crippen molar-refractivity contribution in [2.24, 2.45) is 0 Å². The summed E-state index contributed by atoms with van der Waals surface area (Å²) in [5.41, 5.74) is 0. The van der Waals surface area contributed by atoms with Gasteiger partial charge >= 0.3 is 0 Å². The molecule has 2 nitrogen and oxygen atoms in total. The highest BCUT2D eigenvalue weighted by Crippen LogP contribution is 2.25. The zero-order valence-corrected chi connectivity index (χ0v) is 9.69. The first-order valence-electron chi connectivity index (χ1n) is 5.28. The van der Waals surface area contributed by atoms with Crippen molar-refractivity contribution in [1.29, 1.82) is 0 Å². The molecule has 0 saturated heterocycles. The molecule has 1 N–H and O–H groups in total. The van der Waals surface area contributed by atoms with Gasteiger partial charge in [0, 0.05) is 27.3 Å². The molecule has 3 unspecified atom stereocenters. The first-order valence-corrected chi connectivity index (χ1v) is 6.55. The smallest absolute Gasteiger partial charge is 0.0366 e. The van der Waals surface area contributed by atoms with Gasteiger partial charge in [-0.05, 0) is 25.8 Å². The van der Waals surface area contributed by atoms with Crippen LogP contribution in [0.5, 0.6) is 0 Å². The maximum absolute atomic E-state index is 11.8. The number of rotatable bonds is 4. The lowest BCUT2D eigenvalue weighted by Gasteiger charge is -2.13. The summed E-state index contributed by atoms with van der Waals surface area (Å²) in [7, 11) is -0.611. The molecule has 0 amide bonds. The van der Waals surface area contributed by atoms with Gasteiger partial charge in [0.05, 0.1) is 0 Å². The molecular weight excluding hydrogens is 182 g/mol. The molecule has 0 radical (unpaired) electrons. The third kappa shape index (κ3) is 3.06. The lowest BCUT2D eigenvalue weighted by Crippen LogP contribution is -2.28. The molecule has 13 heavy (non-hydrogen) atoms. The highest BCUT2D eigenvalue weighted by Gasteiger charge is 2.29. The van der Waals surface area contributed by atoms with Crippen LogP contribution in [0.3, 0.4) is 0 Å². The van der Waals surface area contributed by atoms with Crippen LogP contribution < -0.4 is 5.32 Å². The van der Waals surface area contributed by atoms with Crippen molar-refractivity contribution in [3.63, 3.8) is 0 Å². The Morgan fingerprint density at radius 2 is 2.15 bits per heavy atom. The second-order valence-corrected chi connectivity index (χ2v) is 6.33. The molecule has 0 aromatic rings. The highest BCUT2D eigenvalue weighted by molar-refractivity contribution is 7.86. The van der Waals surface area contributed by atoms with Crippen molar-refractivity contribution < 1.29 is 4.21 Å².